The zero-order chi connectivity index (χ0) is 11.5. The molecule has 1 rings (SSSR count). The fourth-order valence-electron chi connectivity index (χ4n) is 1.54. The summed E-state index contributed by atoms with van der Waals surface area (Å²) >= 11 is 0. The minimum Gasteiger partial charge on any atom is -0.459 e. The molecule has 0 aromatic heterocycles. The fourth-order valence-corrected chi connectivity index (χ4v) is 1.54. The van der Waals surface area contributed by atoms with Crippen LogP contribution in [0.2, 0.25) is 0 Å². The van der Waals surface area contributed by atoms with Crippen LogP contribution in [-0.4, -0.2) is 24.0 Å². The maximum atomic E-state index is 11.7. The third kappa shape index (κ3) is 3.90. The Morgan fingerprint density at radius 2 is 2.07 bits per heavy atom. The largest absolute Gasteiger partial charge is 0.459 e. The first kappa shape index (κ1) is 12.0. The summed E-state index contributed by atoms with van der Waals surface area (Å²) in [7, 11) is 0. The Bertz CT molecular complexity index is 255. The molecule has 15 heavy (non-hydrogen) atoms. The summed E-state index contributed by atoms with van der Waals surface area (Å²) in [6, 6.07) is 0. The number of hydrogen-bond acceptors (Lipinski definition) is 3. The van der Waals surface area contributed by atoms with Gasteiger partial charge in [0.25, 0.3) is 0 Å². The number of carbonyl (C=O) groups excluding carboxylic acids is 2. The molecule has 1 aliphatic heterocycles. The van der Waals surface area contributed by atoms with Gasteiger partial charge < -0.3 is 10.1 Å². The molecule has 1 N–H and O–H groups in total. The molecule has 0 radical (unpaired) electrons. The smallest absolute Gasteiger partial charge is 0.319 e. The van der Waals surface area contributed by atoms with Gasteiger partial charge in [0.05, 0.1) is 0 Å². The van der Waals surface area contributed by atoms with Crippen molar-refractivity contribution in [1.82, 2.24) is 5.32 Å². The Morgan fingerprint density at radius 1 is 1.40 bits per heavy atom. The van der Waals surface area contributed by atoms with E-state index in [-0.39, 0.29) is 5.91 Å². The highest BCUT2D eigenvalue weighted by atomic mass is 16.6. The molecule has 4 nitrogen and oxygen atoms in total. The molecule has 1 heterocycles. The van der Waals surface area contributed by atoms with Crippen LogP contribution in [0.15, 0.2) is 0 Å². The molecule has 86 valence electrons. The van der Waals surface area contributed by atoms with Crippen LogP contribution in [0, 0.1) is 5.92 Å². The summed E-state index contributed by atoms with van der Waals surface area (Å²) in [5, 5.41) is 2.72. The highest BCUT2D eigenvalue weighted by molar-refractivity contribution is 5.98. The monoisotopic (exact) mass is 213 g/mol. The summed E-state index contributed by atoms with van der Waals surface area (Å²) in [6.45, 7) is 6.08. The van der Waals surface area contributed by atoms with E-state index in [1.165, 1.54) is 0 Å². The zero-order valence-corrected chi connectivity index (χ0v) is 9.63. The number of esters is 1. The number of hydrogen-bond donors (Lipinski definition) is 1. The number of rotatable bonds is 1. The molecule has 0 spiro atoms. The van der Waals surface area contributed by atoms with Gasteiger partial charge in [0.2, 0.25) is 5.91 Å². The summed E-state index contributed by atoms with van der Waals surface area (Å²) in [6.07, 6.45) is 2.43. The first-order valence-electron chi connectivity index (χ1n) is 5.41. The van der Waals surface area contributed by atoms with Crippen molar-refractivity contribution in [3.63, 3.8) is 0 Å². The number of ether oxygens (including phenoxy) is 1. The Hall–Kier alpha value is -1.06. The second-order valence-electron chi connectivity index (χ2n) is 4.87. The average Bonchev–Trinajstić information content (AvgIpc) is 2.26. The van der Waals surface area contributed by atoms with Crippen molar-refractivity contribution in [2.75, 3.05) is 6.54 Å². The molecule has 1 atom stereocenters. The molecule has 0 aromatic rings. The van der Waals surface area contributed by atoms with Gasteiger partial charge in [-0.3, -0.25) is 9.59 Å². The van der Waals surface area contributed by atoms with E-state index in [9.17, 15) is 9.59 Å². The highest BCUT2D eigenvalue weighted by Crippen LogP contribution is 2.17. The first-order valence-corrected chi connectivity index (χ1v) is 5.41. The van der Waals surface area contributed by atoms with E-state index in [2.05, 4.69) is 5.32 Å². The Kier molecular flexibility index (Phi) is 3.72. The Labute approximate surface area is 90.4 Å². The van der Waals surface area contributed by atoms with Crippen molar-refractivity contribution in [2.24, 2.45) is 5.92 Å². The lowest BCUT2D eigenvalue weighted by molar-refractivity contribution is -0.162. The van der Waals surface area contributed by atoms with E-state index in [4.69, 9.17) is 4.74 Å². The summed E-state index contributed by atoms with van der Waals surface area (Å²) < 4.78 is 5.20. The standard InChI is InChI=1S/C11H19NO3/c1-11(2,3)15-10(14)8-6-4-5-7-12-9(8)13/h8H,4-7H2,1-3H3,(H,12,13). The Balaban J connectivity index is 2.60. The first-order chi connectivity index (χ1) is 6.90. The van der Waals surface area contributed by atoms with Crippen molar-refractivity contribution in [1.29, 1.82) is 0 Å². The Morgan fingerprint density at radius 3 is 2.67 bits per heavy atom. The van der Waals surface area contributed by atoms with Crippen LogP contribution in [0.5, 0.6) is 0 Å². The van der Waals surface area contributed by atoms with Crippen molar-refractivity contribution < 1.29 is 14.3 Å². The van der Waals surface area contributed by atoms with Crippen LogP contribution in [0.1, 0.15) is 40.0 Å². The van der Waals surface area contributed by atoms with Gasteiger partial charge in [-0.25, -0.2) is 0 Å². The van der Waals surface area contributed by atoms with Gasteiger partial charge in [-0.2, -0.15) is 0 Å². The molecule has 0 saturated carbocycles. The molecule has 0 aromatic carbocycles. The molecule has 1 saturated heterocycles. The number of carbonyl (C=O) groups is 2. The minimum absolute atomic E-state index is 0.193. The van der Waals surface area contributed by atoms with Crippen molar-refractivity contribution in [3.8, 4) is 0 Å². The van der Waals surface area contributed by atoms with Crippen molar-refractivity contribution in [2.45, 2.75) is 45.6 Å². The molecule has 1 amide bonds. The van der Waals surface area contributed by atoms with E-state index < -0.39 is 17.5 Å². The molecule has 0 aliphatic carbocycles. The molecular weight excluding hydrogens is 194 g/mol. The van der Waals surface area contributed by atoms with Crippen molar-refractivity contribution >= 4 is 11.9 Å². The highest BCUT2D eigenvalue weighted by Gasteiger charge is 2.31. The van der Waals surface area contributed by atoms with E-state index in [1.54, 1.807) is 20.8 Å². The summed E-state index contributed by atoms with van der Waals surface area (Å²) in [5.74, 6) is -1.21. The van der Waals surface area contributed by atoms with E-state index >= 15 is 0 Å². The average molecular weight is 213 g/mol. The second-order valence-corrected chi connectivity index (χ2v) is 4.87. The lowest BCUT2D eigenvalue weighted by atomic mass is 10.0. The summed E-state index contributed by atoms with van der Waals surface area (Å²) in [4.78, 5) is 23.2. The van der Waals surface area contributed by atoms with Gasteiger partial charge >= 0.3 is 5.97 Å². The molecule has 1 unspecified atom stereocenters. The van der Waals surface area contributed by atoms with Crippen LogP contribution in [0.3, 0.4) is 0 Å². The van der Waals surface area contributed by atoms with Gasteiger partial charge in [-0.05, 0) is 33.6 Å². The van der Waals surface area contributed by atoms with Crippen LogP contribution < -0.4 is 5.32 Å². The van der Waals surface area contributed by atoms with Crippen LogP contribution >= 0.6 is 0 Å². The topological polar surface area (TPSA) is 55.4 Å². The van der Waals surface area contributed by atoms with E-state index in [0.29, 0.717) is 13.0 Å². The van der Waals surface area contributed by atoms with Gasteiger partial charge in [0.1, 0.15) is 11.5 Å². The van der Waals surface area contributed by atoms with Gasteiger partial charge in [0.15, 0.2) is 0 Å². The van der Waals surface area contributed by atoms with E-state index in [1.807, 2.05) is 0 Å². The minimum atomic E-state index is -0.619. The lowest BCUT2D eigenvalue weighted by Gasteiger charge is -2.22. The molecule has 4 heteroatoms. The third-order valence-corrected chi connectivity index (χ3v) is 2.23. The van der Waals surface area contributed by atoms with Crippen LogP contribution in [-0.2, 0) is 14.3 Å². The molecular formula is C11H19NO3. The predicted molar refractivity (Wildman–Crippen MR) is 56.2 cm³/mol. The SMILES string of the molecule is CC(C)(C)OC(=O)C1CCCCNC1=O. The maximum absolute atomic E-state index is 11.7. The van der Waals surface area contributed by atoms with Gasteiger partial charge in [0, 0.05) is 6.54 Å². The molecule has 1 aliphatic rings. The van der Waals surface area contributed by atoms with Crippen LogP contribution in [0.4, 0.5) is 0 Å². The van der Waals surface area contributed by atoms with Gasteiger partial charge in [-0.15, -0.1) is 0 Å². The lowest BCUT2D eigenvalue weighted by Crippen LogP contribution is -2.37. The van der Waals surface area contributed by atoms with Crippen molar-refractivity contribution in [3.05, 3.63) is 0 Å². The van der Waals surface area contributed by atoms with Gasteiger partial charge in [-0.1, -0.05) is 6.42 Å². The molecule has 0 bridgehead atoms. The van der Waals surface area contributed by atoms with Crippen LogP contribution in [0.25, 0.3) is 0 Å². The number of amides is 1. The number of nitrogens with one attached hydrogen (secondary N) is 1. The zero-order valence-electron chi connectivity index (χ0n) is 9.63. The third-order valence-electron chi connectivity index (χ3n) is 2.23. The fraction of sp³-hybridized carbons (Fsp3) is 0.818. The predicted octanol–water partition coefficient (Wildman–Crippen LogP) is 1.24. The summed E-state index contributed by atoms with van der Waals surface area (Å²) in [5.41, 5.74) is -0.524. The van der Waals surface area contributed by atoms with E-state index in [0.717, 1.165) is 12.8 Å². The maximum Gasteiger partial charge on any atom is 0.319 e. The molecule has 1 fully saturated rings. The second kappa shape index (κ2) is 4.64. The normalized spacial score (nSPS) is 22.9. The quantitative estimate of drug-likeness (QED) is 0.526.